The Morgan fingerprint density at radius 1 is 1.35 bits per heavy atom. The van der Waals surface area contributed by atoms with Crippen molar-refractivity contribution in [1.29, 1.82) is 0 Å². The number of benzene rings is 1. The number of halogens is 3. The van der Waals surface area contributed by atoms with E-state index in [2.05, 4.69) is 10.3 Å². The molecule has 0 radical (unpaired) electrons. The second kappa shape index (κ2) is 5.79. The number of nitrogens with one attached hydrogen (secondary N) is 1. The molecule has 0 atom stereocenters. The molecule has 0 spiro atoms. The molecule has 1 aromatic carbocycles. The van der Waals surface area contributed by atoms with Crippen molar-refractivity contribution in [1.82, 2.24) is 4.98 Å². The van der Waals surface area contributed by atoms with Gasteiger partial charge in [-0.1, -0.05) is 11.6 Å². The Morgan fingerprint density at radius 3 is 2.80 bits per heavy atom. The molecular weight excluding hydrogens is 292 g/mol. The number of nitrogens with zero attached hydrogens (tertiary/aromatic N) is 2. The highest BCUT2D eigenvalue weighted by molar-refractivity contribution is 6.30. The summed E-state index contributed by atoms with van der Waals surface area (Å²) in [5.41, 5.74) is -0.301. The van der Waals surface area contributed by atoms with E-state index in [1.54, 1.807) is 0 Å². The lowest BCUT2D eigenvalue weighted by Crippen LogP contribution is -2.06. The summed E-state index contributed by atoms with van der Waals surface area (Å²) < 4.78 is 26.4. The van der Waals surface area contributed by atoms with Crippen molar-refractivity contribution in [2.24, 2.45) is 0 Å². The van der Waals surface area contributed by atoms with Crippen LogP contribution in [0.4, 0.5) is 20.3 Å². The number of hydrogen-bond donors (Lipinski definition) is 1. The van der Waals surface area contributed by atoms with Crippen LogP contribution in [0, 0.1) is 21.7 Å². The van der Waals surface area contributed by atoms with E-state index in [1.807, 2.05) is 0 Å². The molecule has 0 fully saturated rings. The molecule has 0 unspecified atom stereocenters. The minimum Gasteiger partial charge on any atom is -0.360 e. The van der Waals surface area contributed by atoms with E-state index < -0.39 is 16.6 Å². The van der Waals surface area contributed by atoms with Crippen LogP contribution in [0.3, 0.4) is 0 Å². The summed E-state index contributed by atoms with van der Waals surface area (Å²) in [7, 11) is 0. The topological polar surface area (TPSA) is 68.1 Å². The number of hydrogen-bond acceptors (Lipinski definition) is 4. The Morgan fingerprint density at radius 2 is 2.10 bits per heavy atom. The van der Waals surface area contributed by atoms with Crippen molar-refractivity contribution in [3.63, 3.8) is 0 Å². The van der Waals surface area contributed by atoms with Crippen LogP contribution in [-0.2, 0) is 6.54 Å². The van der Waals surface area contributed by atoms with Crippen molar-refractivity contribution >= 4 is 23.1 Å². The highest BCUT2D eigenvalue weighted by Crippen LogP contribution is 2.25. The monoisotopic (exact) mass is 299 g/mol. The molecule has 0 saturated heterocycles. The average Bonchev–Trinajstić information content (AvgIpc) is 2.40. The molecule has 20 heavy (non-hydrogen) atoms. The third-order valence-corrected chi connectivity index (χ3v) is 2.69. The summed E-state index contributed by atoms with van der Waals surface area (Å²) in [4.78, 5) is 13.9. The second-order valence-electron chi connectivity index (χ2n) is 3.87. The van der Waals surface area contributed by atoms with Crippen LogP contribution in [0.25, 0.3) is 0 Å². The van der Waals surface area contributed by atoms with Crippen molar-refractivity contribution in [3.05, 3.63) is 62.8 Å². The zero-order valence-corrected chi connectivity index (χ0v) is 10.7. The van der Waals surface area contributed by atoms with Crippen LogP contribution in [-0.4, -0.2) is 9.91 Å². The second-order valence-corrected chi connectivity index (χ2v) is 4.30. The third-order valence-electron chi connectivity index (χ3n) is 2.48. The van der Waals surface area contributed by atoms with E-state index in [0.717, 1.165) is 24.3 Å². The van der Waals surface area contributed by atoms with Crippen LogP contribution >= 0.6 is 11.6 Å². The van der Waals surface area contributed by atoms with Crippen LogP contribution in [0.5, 0.6) is 0 Å². The van der Waals surface area contributed by atoms with E-state index in [-0.39, 0.29) is 28.6 Å². The molecule has 5 nitrogen and oxygen atoms in total. The summed E-state index contributed by atoms with van der Waals surface area (Å²) in [6.07, 6.45) is 1.22. The maximum Gasteiger partial charge on any atom is 0.312 e. The van der Waals surface area contributed by atoms with E-state index >= 15 is 0 Å². The van der Waals surface area contributed by atoms with Gasteiger partial charge in [0, 0.05) is 24.4 Å². The van der Waals surface area contributed by atoms with Gasteiger partial charge in [-0.25, -0.2) is 13.8 Å². The molecule has 104 valence electrons. The van der Waals surface area contributed by atoms with E-state index in [1.165, 1.54) is 6.20 Å². The molecule has 1 heterocycles. The van der Waals surface area contributed by atoms with Crippen LogP contribution in [0.1, 0.15) is 5.56 Å². The predicted molar refractivity (Wildman–Crippen MR) is 69.6 cm³/mol. The van der Waals surface area contributed by atoms with Crippen molar-refractivity contribution in [3.8, 4) is 0 Å². The smallest absolute Gasteiger partial charge is 0.312 e. The molecule has 0 aliphatic rings. The fourth-order valence-electron chi connectivity index (χ4n) is 1.56. The first-order valence-electron chi connectivity index (χ1n) is 5.45. The highest BCUT2D eigenvalue weighted by Gasteiger charge is 2.16. The number of rotatable bonds is 4. The summed E-state index contributed by atoms with van der Waals surface area (Å²) >= 11 is 5.62. The molecule has 2 aromatic rings. The molecule has 0 aliphatic heterocycles. The van der Waals surface area contributed by atoms with Gasteiger partial charge in [-0.3, -0.25) is 10.1 Å². The molecule has 1 aromatic heterocycles. The van der Waals surface area contributed by atoms with Crippen LogP contribution in [0.2, 0.25) is 5.02 Å². The maximum atomic E-state index is 13.4. The van der Waals surface area contributed by atoms with Gasteiger partial charge in [0.15, 0.2) is 0 Å². The largest absolute Gasteiger partial charge is 0.360 e. The predicted octanol–water partition coefficient (Wildman–Crippen LogP) is 3.53. The van der Waals surface area contributed by atoms with Gasteiger partial charge in [-0.15, -0.1) is 0 Å². The van der Waals surface area contributed by atoms with E-state index in [0.29, 0.717) is 0 Å². The molecule has 2 rings (SSSR count). The van der Waals surface area contributed by atoms with Crippen molar-refractivity contribution < 1.29 is 13.7 Å². The number of pyridine rings is 1. The Balaban J connectivity index is 2.23. The number of anilines is 1. The number of aromatic nitrogens is 1. The average molecular weight is 300 g/mol. The Labute approximate surface area is 117 Å². The molecule has 0 saturated carbocycles. The van der Waals surface area contributed by atoms with Gasteiger partial charge in [0.05, 0.1) is 9.95 Å². The van der Waals surface area contributed by atoms with Gasteiger partial charge in [-0.2, -0.15) is 0 Å². The summed E-state index contributed by atoms with van der Waals surface area (Å²) in [6, 6.07) is 4.10. The lowest BCUT2D eigenvalue weighted by atomic mass is 10.2. The van der Waals surface area contributed by atoms with Gasteiger partial charge in [0.2, 0.25) is 5.82 Å². The highest BCUT2D eigenvalue weighted by atomic mass is 35.5. The van der Waals surface area contributed by atoms with Gasteiger partial charge < -0.3 is 5.32 Å². The van der Waals surface area contributed by atoms with Gasteiger partial charge >= 0.3 is 5.69 Å². The SMILES string of the molecule is O=[N+]([O-])c1cc(Cl)cnc1NCc1cc(F)ccc1F. The quantitative estimate of drug-likeness (QED) is 0.692. The van der Waals surface area contributed by atoms with Crippen molar-refractivity contribution in [2.45, 2.75) is 6.54 Å². The zero-order chi connectivity index (χ0) is 14.7. The lowest BCUT2D eigenvalue weighted by molar-refractivity contribution is -0.384. The molecule has 8 heteroatoms. The minimum absolute atomic E-state index is 0.0380. The first-order valence-corrected chi connectivity index (χ1v) is 5.83. The fraction of sp³-hybridized carbons (Fsp3) is 0.0833. The number of nitro groups is 1. The third kappa shape index (κ3) is 3.18. The zero-order valence-electron chi connectivity index (χ0n) is 9.94. The maximum absolute atomic E-state index is 13.4. The van der Waals surface area contributed by atoms with E-state index in [9.17, 15) is 18.9 Å². The Bertz CT molecular complexity index is 667. The Hall–Kier alpha value is -2.28. The first-order chi connectivity index (χ1) is 9.47. The van der Waals surface area contributed by atoms with E-state index in [4.69, 9.17) is 11.6 Å². The molecule has 0 amide bonds. The fourth-order valence-corrected chi connectivity index (χ4v) is 1.71. The first kappa shape index (κ1) is 14.1. The standard InChI is InChI=1S/C12H8ClF2N3O2/c13-8-4-11(18(19)20)12(17-6-8)16-5-7-3-9(14)1-2-10(7)15/h1-4,6H,5H2,(H,16,17). The molecular formula is C12H8ClF2N3O2. The lowest BCUT2D eigenvalue weighted by Gasteiger charge is -2.07. The minimum atomic E-state index is -0.664. The van der Waals surface area contributed by atoms with Gasteiger partial charge in [0.1, 0.15) is 11.6 Å². The normalized spacial score (nSPS) is 10.3. The summed E-state index contributed by atoms with van der Waals surface area (Å²) in [6.45, 7) is -0.140. The summed E-state index contributed by atoms with van der Waals surface area (Å²) in [5, 5.41) is 13.5. The Kier molecular flexibility index (Phi) is 4.09. The van der Waals surface area contributed by atoms with Crippen LogP contribution < -0.4 is 5.32 Å². The van der Waals surface area contributed by atoms with Gasteiger partial charge in [-0.05, 0) is 18.2 Å². The molecule has 0 bridgehead atoms. The molecule has 1 N–H and O–H groups in total. The molecule has 0 aliphatic carbocycles. The van der Waals surface area contributed by atoms with Crippen molar-refractivity contribution in [2.75, 3.05) is 5.32 Å². The summed E-state index contributed by atoms with van der Waals surface area (Å²) in [5.74, 6) is -1.28. The van der Waals surface area contributed by atoms with Crippen LogP contribution in [0.15, 0.2) is 30.5 Å². The van der Waals surface area contributed by atoms with Gasteiger partial charge in [0.25, 0.3) is 0 Å².